The largest absolute Gasteiger partial charge is 0.207 e. The summed E-state index contributed by atoms with van der Waals surface area (Å²) in [5.74, 6) is -0.399. The van der Waals surface area contributed by atoms with E-state index in [9.17, 15) is 4.39 Å². The lowest BCUT2D eigenvalue weighted by molar-refractivity contribution is 0.466. The van der Waals surface area contributed by atoms with Crippen LogP contribution in [0.1, 0.15) is 81.8 Å². The Balaban J connectivity index is 1.89. The van der Waals surface area contributed by atoms with Gasteiger partial charge in [-0.05, 0) is 81.5 Å². The van der Waals surface area contributed by atoms with Crippen molar-refractivity contribution in [3.8, 4) is 0 Å². The molecule has 0 atom stereocenters. The fraction of sp³-hybridized carbons (Fsp3) is 0.419. The lowest BCUT2D eigenvalue weighted by Crippen LogP contribution is -2.25. The van der Waals surface area contributed by atoms with Gasteiger partial charge in [0.2, 0.25) is 0 Å². The van der Waals surface area contributed by atoms with E-state index < -0.39 is 10.8 Å². The van der Waals surface area contributed by atoms with E-state index in [2.05, 4.69) is 46.8 Å². The summed E-state index contributed by atoms with van der Waals surface area (Å²) in [6, 6.07) is 17.0. The van der Waals surface area contributed by atoms with E-state index in [1.807, 2.05) is 51.1 Å². The molecule has 0 bridgehead atoms. The smallest absolute Gasteiger partial charge is 0.130 e. The molecule has 0 spiro atoms. The van der Waals surface area contributed by atoms with Gasteiger partial charge in [0, 0.05) is 5.02 Å². The molecule has 0 amide bonds. The van der Waals surface area contributed by atoms with E-state index in [1.165, 1.54) is 6.07 Å². The van der Waals surface area contributed by atoms with Crippen LogP contribution < -0.4 is 0 Å². The molecule has 3 rings (SSSR count). The zero-order valence-corrected chi connectivity index (χ0v) is 22.5. The van der Waals surface area contributed by atoms with Crippen molar-refractivity contribution in [2.75, 3.05) is 0 Å². The Kier molecular flexibility index (Phi) is 7.35. The monoisotopic (exact) mass is 482 g/mol. The highest BCUT2D eigenvalue weighted by molar-refractivity contribution is 6.31. The number of hydrogen-bond acceptors (Lipinski definition) is 0. The van der Waals surface area contributed by atoms with E-state index in [4.69, 9.17) is 11.6 Å². The molecule has 3 heteroatoms. The lowest BCUT2D eigenvalue weighted by Gasteiger charge is -2.30. The molecule has 0 radical (unpaired) electrons. The second-order valence-electron chi connectivity index (χ2n) is 11.9. The van der Waals surface area contributed by atoms with Crippen LogP contribution in [-0.2, 0) is 29.1 Å². The third-order valence-electron chi connectivity index (χ3n) is 6.95. The van der Waals surface area contributed by atoms with Gasteiger partial charge in [0.1, 0.15) is 11.6 Å². The van der Waals surface area contributed by atoms with Crippen molar-refractivity contribution < 1.29 is 8.78 Å². The van der Waals surface area contributed by atoms with Crippen LogP contribution in [0.5, 0.6) is 0 Å². The maximum absolute atomic E-state index is 15.7. The van der Waals surface area contributed by atoms with Crippen molar-refractivity contribution >= 4 is 11.6 Å². The zero-order valence-electron chi connectivity index (χ0n) is 21.7. The first-order valence-corrected chi connectivity index (χ1v) is 12.3. The molecule has 0 saturated heterocycles. The molecule has 0 aliphatic heterocycles. The molecule has 0 heterocycles. The maximum Gasteiger partial charge on any atom is 0.130 e. The Morgan fingerprint density at radius 2 is 1.29 bits per heavy atom. The van der Waals surface area contributed by atoms with Crippen LogP contribution in [0.2, 0.25) is 5.02 Å². The third-order valence-corrected chi connectivity index (χ3v) is 7.26. The Labute approximate surface area is 209 Å². The summed E-state index contributed by atoms with van der Waals surface area (Å²) in [6.45, 7) is 16.4. The van der Waals surface area contributed by atoms with E-state index in [0.29, 0.717) is 29.5 Å². The van der Waals surface area contributed by atoms with Crippen molar-refractivity contribution in [2.45, 2.75) is 84.5 Å². The summed E-state index contributed by atoms with van der Waals surface area (Å²) in [5.41, 5.74) is 4.18. The van der Waals surface area contributed by atoms with Crippen molar-refractivity contribution in [1.82, 2.24) is 0 Å². The van der Waals surface area contributed by atoms with Gasteiger partial charge >= 0.3 is 0 Å². The molecule has 0 aliphatic rings. The number of rotatable bonds is 6. The van der Waals surface area contributed by atoms with Crippen LogP contribution in [0.3, 0.4) is 0 Å². The van der Waals surface area contributed by atoms with Gasteiger partial charge in [0.15, 0.2) is 0 Å². The molecule has 0 N–H and O–H groups in total. The predicted octanol–water partition coefficient (Wildman–Crippen LogP) is 9.26. The fourth-order valence-electron chi connectivity index (χ4n) is 4.90. The van der Waals surface area contributed by atoms with Crippen molar-refractivity contribution in [1.29, 1.82) is 0 Å². The predicted molar refractivity (Wildman–Crippen MR) is 141 cm³/mol. The van der Waals surface area contributed by atoms with Crippen LogP contribution >= 0.6 is 11.6 Å². The summed E-state index contributed by atoms with van der Waals surface area (Å²) in [7, 11) is 0. The van der Waals surface area contributed by atoms with Gasteiger partial charge < -0.3 is 0 Å². The topological polar surface area (TPSA) is 0 Å². The normalized spacial score (nSPS) is 12.8. The van der Waals surface area contributed by atoms with Crippen molar-refractivity contribution in [2.24, 2.45) is 0 Å². The third kappa shape index (κ3) is 5.54. The Morgan fingerprint density at radius 3 is 1.88 bits per heavy atom. The average Bonchev–Trinajstić information content (AvgIpc) is 2.70. The molecule has 0 unspecified atom stereocenters. The summed E-state index contributed by atoms with van der Waals surface area (Å²) < 4.78 is 30.1. The standard InChI is InChI=1S/C31H37ClF2/c1-20-22(19-31(7,8)24-11-9-10-12-27(24)33)14-16-25(28(20)34)30(5,6)18-21-13-15-23(26(32)17-21)29(2,3)4/h9-17H,18-19H2,1-8H3. The molecule has 3 aromatic carbocycles. The SMILES string of the molecule is Cc1c(CC(C)(C)c2ccccc2F)ccc(C(C)(C)Cc2ccc(C(C)(C)C)c(Cl)c2)c1F. The van der Waals surface area contributed by atoms with Gasteiger partial charge in [-0.15, -0.1) is 0 Å². The first-order chi connectivity index (χ1) is 15.6. The first-order valence-electron chi connectivity index (χ1n) is 12.0. The van der Waals surface area contributed by atoms with Gasteiger partial charge in [-0.25, -0.2) is 8.78 Å². The molecule has 0 aliphatic carbocycles. The quantitative estimate of drug-likeness (QED) is 0.328. The Morgan fingerprint density at radius 1 is 0.706 bits per heavy atom. The minimum atomic E-state index is -0.453. The Bertz CT molecular complexity index is 1180. The van der Waals surface area contributed by atoms with Crippen LogP contribution in [0, 0.1) is 18.6 Å². The van der Waals surface area contributed by atoms with Gasteiger partial charge in [-0.2, -0.15) is 0 Å². The average molecular weight is 483 g/mol. The van der Waals surface area contributed by atoms with Crippen LogP contribution in [0.15, 0.2) is 54.6 Å². The summed E-state index contributed by atoms with van der Waals surface area (Å²) in [5, 5.41) is 0.753. The minimum absolute atomic E-state index is 0.0272. The highest BCUT2D eigenvalue weighted by Crippen LogP contribution is 2.37. The van der Waals surface area contributed by atoms with Crippen molar-refractivity contribution in [3.05, 3.63) is 105 Å². The summed E-state index contributed by atoms with van der Waals surface area (Å²) in [4.78, 5) is 0. The number of benzene rings is 3. The first kappa shape index (κ1) is 26.4. The van der Waals surface area contributed by atoms with Crippen LogP contribution in [0.25, 0.3) is 0 Å². The Hall–Kier alpha value is -2.19. The van der Waals surface area contributed by atoms with Gasteiger partial charge in [0.05, 0.1) is 0 Å². The van der Waals surface area contributed by atoms with E-state index in [0.717, 1.165) is 21.7 Å². The van der Waals surface area contributed by atoms with Gasteiger partial charge in [-0.3, -0.25) is 0 Å². The van der Waals surface area contributed by atoms with Crippen molar-refractivity contribution in [3.63, 3.8) is 0 Å². The molecular formula is C31H37ClF2. The second kappa shape index (κ2) is 9.46. The highest BCUT2D eigenvalue weighted by atomic mass is 35.5. The molecule has 3 aromatic rings. The van der Waals surface area contributed by atoms with Crippen LogP contribution in [-0.4, -0.2) is 0 Å². The fourth-order valence-corrected chi connectivity index (χ4v) is 5.39. The van der Waals surface area contributed by atoms with E-state index >= 15 is 4.39 Å². The molecular weight excluding hydrogens is 446 g/mol. The molecule has 182 valence electrons. The molecule has 34 heavy (non-hydrogen) atoms. The lowest BCUT2D eigenvalue weighted by atomic mass is 9.75. The molecule has 0 fully saturated rings. The minimum Gasteiger partial charge on any atom is -0.207 e. The molecule has 0 aromatic heterocycles. The molecule has 0 saturated carbocycles. The highest BCUT2D eigenvalue weighted by Gasteiger charge is 2.30. The summed E-state index contributed by atoms with van der Waals surface area (Å²) in [6.07, 6.45) is 1.23. The molecule has 0 nitrogen and oxygen atoms in total. The van der Waals surface area contributed by atoms with Crippen LogP contribution in [0.4, 0.5) is 8.78 Å². The number of halogens is 3. The number of hydrogen-bond donors (Lipinski definition) is 0. The van der Waals surface area contributed by atoms with E-state index in [-0.39, 0.29) is 17.0 Å². The van der Waals surface area contributed by atoms with Gasteiger partial charge in [0.25, 0.3) is 0 Å². The van der Waals surface area contributed by atoms with Gasteiger partial charge in [-0.1, -0.05) is 103 Å². The maximum atomic E-state index is 15.7. The summed E-state index contributed by atoms with van der Waals surface area (Å²) >= 11 is 6.59. The van der Waals surface area contributed by atoms with E-state index in [1.54, 1.807) is 6.07 Å². The zero-order chi connectivity index (χ0) is 25.5. The second-order valence-corrected chi connectivity index (χ2v) is 12.3.